The summed E-state index contributed by atoms with van der Waals surface area (Å²) in [5.74, 6) is 0.666. The van der Waals surface area contributed by atoms with Crippen LogP contribution in [0, 0.1) is 23.1 Å². The van der Waals surface area contributed by atoms with Gasteiger partial charge in [0.15, 0.2) is 0 Å². The Balaban J connectivity index is 1.46. The Morgan fingerprint density at radius 2 is 2.00 bits per heavy atom. The molecule has 0 aromatic heterocycles. The molecule has 3 rings (SSSR count). The number of aliphatic hydroxyl groups excluding tert-OH is 1. The van der Waals surface area contributed by atoms with Gasteiger partial charge in [0.1, 0.15) is 5.82 Å². The number of benzene rings is 1. The number of aliphatic hydroxyl groups is 1. The molecule has 0 saturated heterocycles. The maximum atomic E-state index is 13.3. The van der Waals surface area contributed by atoms with Crippen LogP contribution in [0.2, 0.25) is 0 Å². The van der Waals surface area contributed by atoms with Crippen molar-refractivity contribution in [3.63, 3.8) is 0 Å². The van der Waals surface area contributed by atoms with E-state index >= 15 is 0 Å². The highest BCUT2D eigenvalue weighted by Crippen LogP contribution is 2.53. The van der Waals surface area contributed by atoms with Crippen LogP contribution < -0.4 is 11.1 Å². The molecule has 0 radical (unpaired) electrons. The second kappa shape index (κ2) is 8.50. The molecule has 28 heavy (non-hydrogen) atoms. The zero-order valence-corrected chi connectivity index (χ0v) is 17.2. The Hall–Kier alpha value is -1.46. The van der Waals surface area contributed by atoms with Gasteiger partial charge >= 0.3 is 0 Å². The Labute approximate surface area is 168 Å². The number of halogens is 1. The lowest BCUT2D eigenvalue weighted by Gasteiger charge is -2.48. The summed E-state index contributed by atoms with van der Waals surface area (Å²) in [5, 5.41) is 13.8. The van der Waals surface area contributed by atoms with E-state index in [-0.39, 0.29) is 22.7 Å². The molecule has 156 valence electrons. The summed E-state index contributed by atoms with van der Waals surface area (Å²) >= 11 is 0. The van der Waals surface area contributed by atoms with Crippen molar-refractivity contribution < 1.29 is 14.3 Å². The lowest BCUT2D eigenvalue weighted by molar-refractivity contribution is -0.139. The number of nitrogens with one attached hydrogen (secondary N) is 1. The fourth-order valence-corrected chi connectivity index (χ4v) is 5.33. The van der Waals surface area contributed by atoms with Crippen LogP contribution in [0.5, 0.6) is 0 Å². The Morgan fingerprint density at radius 1 is 1.32 bits per heavy atom. The molecule has 1 aromatic carbocycles. The molecule has 4 N–H and O–H groups in total. The van der Waals surface area contributed by atoms with Gasteiger partial charge in [0.25, 0.3) is 0 Å². The largest absolute Gasteiger partial charge is 0.387 e. The highest BCUT2D eigenvalue weighted by Gasteiger charge is 2.49. The summed E-state index contributed by atoms with van der Waals surface area (Å²) in [6, 6.07) is 6.14. The standard InChI is InChI=1S/C23H35FN2O2/c1-22(2,26-15-20(27)17-5-3-6-19(24)13-17)14-16-7-9-18(10-8-16)23(21(25)28)11-4-12-23/h3,5-6,13,16,18,20,26-27H,4,7-12,14-15H2,1-2H3,(H2,25,28)/t16-,18-,20-/m0/s1. The second-order valence-electron chi connectivity index (χ2n) is 9.63. The van der Waals surface area contributed by atoms with E-state index in [0.717, 1.165) is 51.4 Å². The van der Waals surface area contributed by atoms with Gasteiger partial charge in [0.2, 0.25) is 5.91 Å². The summed E-state index contributed by atoms with van der Waals surface area (Å²) in [6.45, 7) is 4.72. The molecule has 1 atom stereocenters. The minimum atomic E-state index is -0.722. The van der Waals surface area contributed by atoms with Crippen LogP contribution in [0.4, 0.5) is 4.39 Å². The molecule has 0 aliphatic heterocycles. The van der Waals surface area contributed by atoms with E-state index in [1.807, 2.05) is 0 Å². The third-order valence-corrected chi connectivity index (χ3v) is 7.17. The number of amides is 1. The van der Waals surface area contributed by atoms with Crippen LogP contribution in [-0.2, 0) is 4.79 Å². The van der Waals surface area contributed by atoms with Gasteiger partial charge in [-0.3, -0.25) is 4.79 Å². The van der Waals surface area contributed by atoms with Crippen molar-refractivity contribution in [3.8, 4) is 0 Å². The van der Waals surface area contributed by atoms with E-state index in [9.17, 15) is 14.3 Å². The maximum absolute atomic E-state index is 13.3. The Kier molecular flexibility index (Phi) is 6.45. The van der Waals surface area contributed by atoms with Crippen LogP contribution in [0.1, 0.15) is 76.9 Å². The van der Waals surface area contributed by atoms with Crippen LogP contribution in [0.3, 0.4) is 0 Å². The van der Waals surface area contributed by atoms with E-state index in [1.54, 1.807) is 12.1 Å². The van der Waals surface area contributed by atoms with Gasteiger partial charge in [-0.1, -0.05) is 31.4 Å². The van der Waals surface area contributed by atoms with Crippen LogP contribution in [-0.4, -0.2) is 23.1 Å². The Bertz CT molecular complexity index is 679. The minimum Gasteiger partial charge on any atom is -0.387 e. The van der Waals surface area contributed by atoms with Crippen LogP contribution in [0.25, 0.3) is 0 Å². The summed E-state index contributed by atoms with van der Waals surface area (Å²) in [5.41, 5.74) is 6.01. The molecule has 2 aliphatic carbocycles. The summed E-state index contributed by atoms with van der Waals surface area (Å²) in [7, 11) is 0. The number of β-amino-alcohol motifs (C(OH)–C–C–N with tert-alkyl or cyclic N) is 1. The molecular formula is C23H35FN2O2. The van der Waals surface area contributed by atoms with Crippen molar-refractivity contribution in [2.24, 2.45) is 23.0 Å². The third kappa shape index (κ3) is 4.74. The lowest BCUT2D eigenvalue weighted by Crippen LogP contribution is -2.49. The number of hydrogen-bond acceptors (Lipinski definition) is 3. The van der Waals surface area contributed by atoms with Crippen molar-refractivity contribution in [1.29, 1.82) is 0 Å². The number of hydrogen-bond donors (Lipinski definition) is 3. The topological polar surface area (TPSA) is 75.4 Å². The molecule has 0 unspecified atom stereocenters. The first-order chi connectivity index (χ1) is 13.2. The number of nitrogens with two attached hydrogens (primary N) is 1. The highest BCUT2D eigenvalue weighted by molar-refractivity contribution is 5.82. The smallest absolute Gasteiger partial charge is 0.223 e. The number of rotatable bonds is 8. The fraction of sp³-hybridized carbons (Fsp3) is 0.696. The van der Waals surface area contributed by atoms with Crippen molar-refractivity contribution in [2.45, 2.75) is 76.9 Å². The maximum Gasteiger partial charge on any atom is 0.223 e. The Morgan fingerprint density at radius 3 is 2.54 bits per heavy atom. The van der Waals surface area contributed by atoms with Gasteiger partial charge in [-0.15, -0.1) is 0 Å². The molecule has 2 aliphatic rings. The first-order valence-corrected chi connectivity index (χ1v) is 10.7. The molecule has 1 amide bonds. The number of carbonyl (C=O) groups excluding carboxylic acids is 1. The van der Waals surface area contributed by atoms with E-state index < -0.39 is 6.10 Å². The molecule has 4 nitrogen and oxygen atoms in total. The van der Waals surface area contributed by atoms with Crippen molar-refractivity contribution in [2.75, 3.05) is 6.54 Å². The second-order valence-corrected chi connectivity index (χ2v) is 9.63. The van der Waals surface area contributed by atoms with Crippen LogP contribution >= 0.6 is 0 Å². The monoisotopic (exact) mass is 390 g/mol. The molecular weight excluding hydrogens is 355 g/mol. The molecule has 2 saturated carbocycles. The van der Waals surface area contributed by atoms with Gasteiger partial charge in [0, 0.05) is 12.1 Å². The zero-order chi connectivity index (χ0) is 20.4. The normalized spacial score (nSPS) is 25.7. The van der Waals surface area contributed by atoms with E-state index in [1.165, 1.54) is 12.1 Å². The van der Waals surface area contributed by atoms with Crippen molar-refractivity contribution in [3.05, 3.63) is 35.6 Å². The highest BCUT2D eigenvalue weighted by atomic mass is 19.1. The predicted molar refractivity (Wildman–Crippen MR) is 109 cm³/mol. The van der Waals surface area contributed by atoms with Gasteiger partial charge in [-0.05, 0) is 75.5 Å². The van der Waals surface area contributed by atoms with Crippen molar-refractivity contribution in [1.82, 2.24) is 5.32 Å². The van der Waals surface area contributed by atoms with E-state index in [4.69, 9.17) is 5.73 Å². The average molecular weight is 391 g/mol. The summed E-state index contributed by atoms with van der Waals surface area (Å²) in [6.07, 6.45) is 7.84. The molecule has 5 heteroatoms. The third-order valence-electron chi connectivity index (χ3n) is 7.17. The van der Waals surface area contributed by atoms with E-state index in [0.29, 0.717) is 23.9 Å². The van der Waals surface area contributed by atoms with Crippen LogP contribution in [0.15, 0.2) is 24.3 Å². The first kappa shape index (κ1) is 21.3. The lowest BCUT2D eigenvalue weighted by atomic mass is 9.56. The fourth-order valence-electron chi connectivity index (χ4n) is 5.33. The quantitative estimate of drug-likeness (QED) is 0.626. The molecule has 0 heterocycles. The predicted octanol–water partition coefficient (Wildman–Crippen LogP) is 4.08. The number of primary amides is 1. The summed E-state index contributed by atoms with van der Waals surface area (Å²) < 4.78 is 13.3. The minimum absolute atomic E-state index is 0.0875. The molecule has 0 bridgehead atoms. The average Bonchev–Trinajstić information content (AvgIpc) is 2.59. The van der Waals surface area contributed by atoms with Crippen molar-refractivity contribution >= 4 is 5.91 Å². The molecule has 2 fully saturated rings. The van der Waals surface area contributed by atoms with Gasteiger partial charge < -0.3 is 16.2 Å². The first-order valence-electron chi connectivity index (χ1n) is 10.7. The van der Waals surface area contributed by atoms with E-state index in [2.05, 4.69) is 19.2 Å². The molecule has 1 aromatic rings. The SMILES string of the molecule is CC(C)(C[C@H]1CC[C@H](C2(C(N)=O)CCC2)CC1)NC[C@H](O)c1cccc(F)c1. The molecule has 0 spiro atoms. The number of carbonyl (C=O) groups is 1. The van der Waals surface area contributed by atoms with Gasteiger partial charge in [-0.2, -0.15) is 0 Å². The van der Waals surface area contributed by atoms with Gasteiger partial charge in [0.05, 0.1) is 11.5 Å². The zero-order valence-electron chi connectivity index (χ0n) is 17.2. The van der Waals surface area contributed by atoms with Gasteiger partial charge in [-0.25, -0.2) is 4.39 Å². The summed E-state index contributed by atoms with van der Waals surface area (Å²) in [4.78, 5) is 12.0.